The molecule has 2 amide bonds. The van der Waals surface area contributed by atoms with Gasteiger partial charge in [-0.05, 0) is 83.9 Å². The molecule has 0 radical (unpaired) electrons. The van der Waals surface area contributed by atoms with Crippen molar-refractivity contribution in [3.05, 3.63) is 54.1 Å². The summed E-state index contributed by atoms with van der Waals surface area (Å²) >= 11 is 0. The van der Waals surface area contributed by atoms with Crippen LogP contribution >= 0.6 is 0 Å². The van der Waals surface area contributed by atoms with Gasteiger partial charge >= 0.3 is 12.1 Å². The molecule has 0 bridgehead atoms. The Morgan fingerprint density at radius 2 is 1.60 bits per heavy atom. The van der Waals surface area contributed by atoms with Gasteiger partial charge in [0.05, 0.1) is 18.1 Å². The van der Waals surface area contributed by atoms with Crippen molar-refractivity contribution in [3.8, 4) is 5.75 Å². The van der Waals surface area contributed by atoms with Crippen LogP contribution in [0.15, 0.2) is 53.4 Å². The summed E-state index contributed by atoms with van der Waals surface area (Å²) < 4.78 is 44.7. The molecule has 0 N–H and O–H groups in total. The highest BCUT2D eigenvalue weighted by atomic mass is 32.2. The standard InChI is InChI=1S/C30H39N3O8S/c1-21-8-14-25(15-9-21)42(37,38)32-16-6-7-26(32)27(34)33(22(2)28(35)41-30(3,4)5)23-10-12-24(13-11-23)40-29(36)31-17-19-39-20-18-31/h8-15,22,26H,6-7,16-20H2,1-5H3/t22-,26-/m0/s1. The van der Waals surface area contributed by atoms with Gasteiger partial charge in [0, 0.05) is 25.3 Å². The van der Waals surface area contributed by atoms with Crippen LogP contribution in [0.2, 0.25) is 0 Å². The zero-order chi connectivity index (χ0) is 30.7. The minimum atomic E-state index is -3.97. The van der Waals surface area contributed by atoms with Gasteiger partial charge in [-0.25, -0.2) is 18.0 Å². The topological polar surface area (TPSA) is 123 Å². The van der Waals surface area contributed by atoms with E-state index in [-0.39, 0.29) is 17.2 Å². The van der Waals surface area contributed by atoms with Crippen LogP contribution in [0, 0.1) is 6.92 Å². The van der Waals surface area contributed by atoms with Crippen LogP contribution in [0.5, 0.6) is 5.75 Å². The van der Waals surface area contributed by atoms with Crippen molar-refractivity contribution in [1.29, 1.82) is 0 Å². The number of nitrogens with zero attached hydrogens (tertiary/aromatic N) is 3. The minimum Gasteiger partial charge on any atom is -0.458 e. The normalized spacial score (nSPS) is 18.8. The third-order valence-electron chi connectivity index (χ3n) is 7.08. The van der Waals surface area contributed by atoms with Crippen molar-refractivity contribution in [2.75, 3.05) is 37.7 Å². The number of ether oxygens (including phenoxy) is 3. The molecule has 11 nitrogen and oxygen atoms in total. The molecule has 2 aliphatic heterocycles. The number of anilines is 1. The van der Waals surface area contributed by atoms with Crippen molar-refractivity contribution >= 4 is 33.7 Å². The van der Waals surface area contributed by atoms with Gasteiger partial charge in [0.25, 0.3) is 0 Å². The van der Waals surface area contributed by atoms with Gasteiger partial charge in [-0.1, -0.05) is 17.7 Å². The molecule has 2 aromatic carbocycles. The number of benzene rings is 2. The van der Waals surface area contributed by atoms with E-state index in [2.05, 4.69) is 0 Å². The second kappa shape index (κ2) is 12.8. The Labute approximate surface area is 247 Å². The number of esters is 1. The smallest absolute Gasteiger partial charge is 0.415 e. The highest BCUT2D eigenvalue weighted by Gasteiger charge is 2.44. The SMILES string of the molecule is Cc1ccc(S(=O)(=O)N2CCC[C@H]2C(=O)N(c2ccc(OC(=O)N3CCOCC3)cc2)[C@@H](C)C(=O)OC(C)(C)C)cc1. The molecule has 0 aromatic heterocycles. The van der Waals surface area contributed by atoms with Gasteiger partial charge in [0.1, 0.15) is 23.4 Å². The van der Waals surface area contributed by atoms with Crippen LogP contribution < -0.4 is 9.64 Å². The first kappa shape index (κ1) is 31.5. The van der Waals surface area contributed by atoms with E-state index in [9.17, 15) is 22.8 Å². The Morgan fingerprint density at radius 3 is 2.19 bits per heavy atom. The first-order valence-electron chi connectivity index (χ1n) is 14.1. The third-order valence-corrected chi connectivity index (χ3v) is 9.00. The average molecular weight is 602 g/mol. The molecule has 0 unspecified atom stereocenters. The van der Waals surface area contributed by atoms with Gasteiger partial charge in [-0.2, -0.15) is 4.31 Å². The molecule has 0 spiro atoms. The summed E-state index contributed by atoms with van der Waals surface area (Å²) in [6.07, 6.45) is 0.285. The van der Waals surface area contributed by atoms with E-state index >= 15 is 0 Å². The Bertz CT molecular complexity index is 1380. The lowest BCUT2D eigenvalue weighted by Gasteiger charge is -2.34. The van der Waals surface area contributed by atoms with E-state index in [1.807, 2.05) is 6.92 Å². The van der Waals surface area contributed by atoms with E-state index in [0.29, 0.717) is 44.8 Å². The molecule has 2 aliphatic rings. The van der Waals surface area contributed by atoms with Crippen molar-refractivity contribution in [3.63, 3.8) is 0 Å². The maximum atomic E-state index is 14.2. The van der Waals surface area contributed by atoms with E-state index in [0.717, 1.165) is 5.56 Å². The molecular formula is C30H39N3O8S. The number of carbonyl (C=O) groups excluding carboxylic acids is 3. The quantitative estimate of drug-likeness (QED) is 0.440. The van der Waals surface area contributed by atoms with Crippen molar-refractivity contribution in [2.45, 2.75) is 70.0 Å². The van der Waals surface area contributed by atoms with Gasteiger partial charge in [0.15, 0.2) is 0 Å². The number of morpholine rings is 1. The second-order valence-corrected chi connectivity index (χ2v) is 13.4. The summed E-state index contributed by atoms with van der Waals surface area (Å²) in [7, 11) is -3.97. The van der Waals surface area contributed by atoms with Gasteiger partial charge in [0.2, 0.25) is 15.9 Å². The number of hydrogen-bond acceptors (Lipinski definition) is 8. The van der Waals surface area contributed by atoms with Crippen molar-refractivity contribution in [2.24, 2.45) is 0 Å². The van der Waals surface area contributed by atoms with Gasteiger partial charge < -0.3 is 19.1 Å². The van der Waals surface area contributed by atoms with Gasteiger partial charge in [-0.15, -0.1) is 0 Å². The summed E-state index contributed by atoms with van der Waals surface area (Å²) in [5.74, 6) is -0.916. The number of amides is 2. The van der Waals surface area contributed by atoms with Crippen LogP contribution in [0.4, 0.5) is 10.5 Å². The van der Waals surface area contributed by atoms with Gasteiger partial charge in [-0.3, -0.25) is 9.69 Å². The number of rotatable bonds is 7. The molecule has 2 heterocycles. The summed E-state index contributed by atoms with van der Waals surface area (Å²) in [6.45, 7) is 10.5. The van der Waals surface area contributed by atoms with Crippen LogP contribution in [0.25, 0.3) is 0 Å². The molecule has 2 saturated heterocycles. The predicted molar refractivity (Wildman–Crippen MR) is 156 cm³/mol. The van der Waals surface area contributed by atoms with E-state index in [4.69, 9.17) is 14.2 Å². The van der Waals surface area contributed by atoms with Crippen LogP contribution in [-0.4, -0.2) is 86.1 Å². The zero-order valence-electron chi connectivity index (χ0n) is 24.7. The molecule has 42 heavy (non-hydrogen) atoms. The second-order valence-electron chi connectivity index (χ2n) is 11.5. The maximum Gasteiger partial charge on any atom is 0.415 e. The summed E-state index contributed by atoms with van der Waals surface area (Å²) in [5.41, 5.74) is 0.453. The van der Waals surface area contributed by atoms with Crippen molar-refractivity contribution in [1.82, 2.24) is 9.21 Å². The minimum absolute atomic E-state index is 0.103. The highest BCUT2D eigenvalue weighted by molar-refractivity contribution is 7.89. The Kier molecular flexibility index (Phi) is 9.59. The number of aryl methyl sites for hydroxylation is 1. The number of sulfonamides is 1. The Balaban J connectivity index is 1.62. The lowest BCUT2D eigenvalue weighted by Crippen LogP contribution is -2.53. The zero-order valence-corrected chi connectivity index (χ0v) is 25.6. The lowest BCUT2D eigenvalue weighted by atomic mass is 10.1. The maximum absolute atomic E-state index is 14.2. The number of carbonyl (C=O) groups is 3. The fraction of sp³-hybridized carbons (Fsp3) is 0.500. The Morgan fingerprint density at radius 1 is 0.976 bits per heavy atom. The largest absolute Gasteiger partial charge is 0.458 e. The molecule has 2 aromatic rings. The monoisotopic (exact) mass is 601 g/mol. The molecule has 2 fully saturated rings. The molecule has 0 aliphatic carbocycles. The number of hydrogen-bond donors (Lipinski definition) is 0. The average Bonchev–Trinajstić information content (AvgIpc) is 3.45. The molecule has 4 rings (SSSR count). The molecule has 0 saturated carbocycles. The van der Waals surface area contributed by atoms with E-state index < -0.39 is 45.7 Å². The van der Waals surface area contributed by atoms with E-state index in [1.54, 1.807) is 56.9 Å². The van der Waals surface area contributed by atoms with Crippen LogP contribution in [0.3, 0.4) is 0 Å². The van der Waals surface area contributed by atoms with E-state index in [1.165, 1.54) is 33.5 Å². The third kappa shape index (κ3) is 7.29. The Hall–Kier alpha value is -3.48. The lowest BCUT2D eigenvalue weighted by molar-refractivity contribution is -0.157. The summed E-state index contributed by atoms with van der Waals surface area (Å²) in [6, 6.07) is 10.6. The summed E-state index contributed by atoms with van der Waals surface area (Å²) in [5, 5.41) is 0. The predicted octanol–water partition coefficient (Wildman–Crippen LogP) is 3.74. The molecular weight excluding hydrogens is 562 g/mol. The first-order valence-corrected chi connectivity index (χ1v) is 15.5. The molecule has 2 atom stereocenters. The molecule has 228 valence electrons. The fourth-order valence-corrected chi connectivity index (χ4v) is 6.55. The highest BCUT2D eigenvalue weighted by Crippen LogP contribution is 2.31. The summed E-state index contributed by atoms with van der Waals surface area (Å²) in [4.78, 5) is 42.8. The van der Waals surface area contributed by atoms with Crippen LogP contribution in [0.1, 0.15) is 46.1 Å². The van der Waals surface area contributed by atoms with Crippen molar-refractivity contribution < 1.29 is 37.0 Å². The fourth-order valence-electron chi connectivity index (χ4n) is 4.90. The molecule has 12 heteroatoms. The first-order chi connectivity index (χ1) is 19.8. The van der Waals surface area contributed by atoms with Crippen LogP contribution in [-0.2, 0) is 29.1 Å².